The Labute approximate surface area is 241 Å². The quantitative estimate of drug-likeness (QED) is 0.155. The van der Waals surface area contributed by atoms with Crippen molar-refractivity contribution in [3.8, 4) is 0 Å². The number of nitrogens with one attached hydrogen (secondary N) is 2. The van der Waals surface area contributed by atoms with Crippen LogP contribution in [0.2, 0.25) is 10.0 Å². The van der Waals surface area contributed by atoms with Crippen molar-refractivity contribution in [2.45, 2.75) is 24.5 Å². The van der Waals surface area contributed by atoms with E-state index in [4.69, 9.17) is 27.6 Å². The van der Waals surface area contributed by atoms with Gasteiger partial charge in [0.05, 0.1) is 17.7 Å². The first-order chi connectivity index (χ1) is 19.2. The van der Waals surface area contributed by atoms with Crippen LogP contribution < -0.4 is 10.7 Å². The normalized spacial score (nSPS) is 11.6. The van der Waals surface area contributed by atoms with Crippen molar-refractivity contribution in [2.75, 3.05) is 0 Å². The highest BCUT2D eigenvalue weighted by atomic mass is 35.5. The average Bonchev–Trinajstić information content (AvgIpc) is 3.41. The Morgan fingerprint density at radius 3 is 2.08 bits per heavy atom. The van der Waals surface area contributed by atoms with Crippen LogP contribution in [0.15, 0.2) is 105 Å². The second-order valence-electron chi connectivity index (χ2n) is 8.52. The van der Waals surface area contributed by atoms with Gasteiger partial charge in [0, 0.05) is 23.1 Å². The summed E-state index contributed by atoms with van der Waals surface area (Å²) in [5, 5.41) is 7.34. The van der Waals surface area contributed by atoms with Gasteiger partial charge in [0.2, 0.25) is 10.0 Å². The van der Waals surface area contributed by atoms with Gasteiger partial charge in [-0.15, -0.1) is 0 Å². The summed E-state index contributed by atoms with van der Waals surface area (Å²) in [4.78, 5) is 24.2. The largest absolute Gasteiger partial charge is 0.459 e. The summed E-state index contributed by atoms with van der Waals surface area (Å²) in [7, 11) is -3.87. The van der Waals surface area contributed by atoms with Crippen molar-refractivity contribution in [3.05, 3.63) is 124 Å². The molecule has 0 aliphatic heterocycles. The summed E-state index contributed by atoms with van der Waals surface area (Å²) < 4.78 is 33.9. The fourth-order valence-electron chi connectivity index (χ4n) is 3.55. The van der Waals surface area contributed by atoms with Crippen LogP contribution in [0.1, 0.15) is 22.6 Å². The third-order valence-electron chi connectivity index (χ3n) is 5.60. The number of hydrazone groups is 1. The van der Waals surface area contributed by atoms with E-state index in [-0.39, 0.29) is 30.3 Å². The molecular formula is C28H24Cl2N4O5S. The van der Waals surface area contributed by atoms with Gasteiger partial charge in [-0.2, -0.15) is 9.41 Å². The molecule has 2 N–H and O–H groups in total. The van der Waals surface area contributed by atoms with E-state index in [0.29, 0.717) is 15.8 Å². The van der Waals surface area contributed by atoms with Crippen molar-refractivity contribution in [3.63, 3.8) is 0 Å². The molecule has 9 nitrogen and oxygen atoms in total. The maximum absolute atomic E-state index is 13.4. The highest BCUT2D eigenvalue weighted by Gasteiger charge is 2.26. The van der Waals surface area contributed by atoms with Gasteiger partial charge in [-0.1, -0.05) is 65.7 Å². The summed E-state index contributed by atoms with van der Waals surface area (Å²) in [6, 6.07) is 25.0. The first-order valence-electron chi connectivity index (χ1n) is 11.9. The minimum absolute atomic E-state index is 0.0623. The lowest BCUT2D eigenvalue weighted by Crippen LogP contribution is -2.37. The van der Waals surface area contributed by atoms with E-state index in [9.17, 15) is 18.0 Å². The summed E-state index contributed by atoms with van der Waals surface area (Å²) >= 11 is 11.8. The van der Waals surface area contributed by atoms with Gasteiger partial charge >= 0.3 is 11.8 Å². The molecule has 1 aromatic heterocycles. The van der Waals surface area contributed by atoms with Gasteiger partial charge in [0.15, 0.2) is 0 Å². The zero-order valence-corrected chi connectivity index (χ0v) is 23.3. The van der Waals surface area contributed by atoms with Crippen LogP contribution in [0.5, 0.6) is 0 Å². The number of rotatable bonds is 10. The summed E-state index contributed by atoms with van der Waals surface area (Å²) in [6.07, 6.45) is 1.21. The second-order valence-corrected chi connectivity index (χ2v) is 11.3. The average molecular weight is 599 g/mol. The molecule has 3 aromatic carbocycles. The number of benzene rings is 3. The molecule has 40 heavy (non-hydrogen) atoms. The number of carbonyl (C=O) groups is 2. The van der Waals surface area contributed by atoms with Crippen LogP contribution in [0.4, 0.5) is 0 Å². The number of halogens is 2. The van der Waals surface area contributed by atoms with Crippen molar-refractivity contribution < 1.29 is 22.4 Å². The van der Waals surface area contributed by atoms with Crippen molar-refractivity contribution >= 4 is 51.3 Å². The van der Waals surface area contributed by atoms with Crippen LogP contribution >= 0.6 is 23.2 Å². The Balaban J connectivity index is 1.39. The lowest BCUT2D eigenvalue weighted by Gasteiger charge is -2.21. The maximum Gasteiger partial charge on any atom is 0.329 e. The van der Waals surface area contributed by atoms with Crippen LogP contribution in [0, 0.1) is 0 Å². The van der Waals surface area contributed by atoms with Crippen LogP contribution in [-0.4, -0.2) is 30.8 Å². The molecule has 0 unspecified atom stereocenters. The summed E-state index contributed by atoms with van der Waals surface area (Å²) in [6.45, 7) is 0.167. The standard InChI is InChI=1S/C28H24Cl2N4O5S/c29-22-10-6-20(7-11-22)16-31-27(35)28(36)33-32-17-24-14-15-25(39-24)19-34(18-21-8-12-23(30)13-9-21)40(37,38)26-4-2-1-3-5-26/h1-15,17H,16,18-19H2,(H,31,35)(H,33,36)/b32-17+. The fourth-order valence-corrected chi connectivity index (χ4v) is 5.22. The number of hydrogen-bond acceptors (Lipinski definition) is 6. The highest BCUT2D eigenvalue weighted by molar-refractivity contribution is 7.89. The smallest absolute Gasteiger partial charge is 0.329 e. The minimum atomic E-state index is -3.87. The molecule has 0 bridgehead atoms. The molecule has 0 spiro atoms. The molecule has 12 heteroatoms. The van der Waals surface area contributed by atoms with E-state index in [2.05, 4.69) is 15.8 Å². The molecular weight excluding hydrogens is 575 g/mol. The molecule has 0 radical (unpaired) electrons. The first-order valence-corrected chi connectivity index (χ1v) is 14.1. The lowest BCUT2D eigenvalue weighted by atomic mass is 10.2. The molecule has 0 saturated heterocycles. The number of nitrogens with zero attached hydrogens (tertiary/aromatic N) is 2. The van der Waals surface area contributed by atoms with Crippen LogP contribution in [0.25, 0.3) is 0 Å². The second kappa shape index (κ2) is 13.4. The predicted octanol–water partition coefficient (Wildman–Crippen LogP) is 4.74. The van der Waals surface area contributed by atoms with Crippen molar-refractivity contribution in [2.24, 2.45) is 5.10 Å². The molecule has 1 heterocycles. The molecule has 0 saturated carbocycles. The number of carbonyl (C=O) groups excluding carboxylic acids is 2. The van der Waals surface area contributed by atoms with E-state index in [1.165, 1.54) is 22.7 Å². The Bertz CT molecular complexity index is 1590. The summed E-state index contributed by atoms with van der Waals surface area (Å²) in [5.41, 5.74) is 3.65. The van der Waals surface area contributed by atoms with Gasteiger partial charge in [-0.3, -0.25) is 9.59 Å². The van der Waals surface area contributed by atoms with Crippen LogP contribution in [0.3, 0.4) is 0 Å². The minimum Gasteiger partial charge on any atom is -0.459 e. The number of sulfonamides is 1. The molecule has 0 aliphatic carbocycles. The topological polar surface area (TPSA) is 121 Å². The van der Waals surface area contributed by atoms with E-state index in [1.807, 2.05) is 0 Å². The SMILES string of the molecule is O=C(NCc1ccc(Cl)cc1)C(=O)N/N=C/c1ccc(CN(Cc2ccc(Cl)cc2)S(=O)(=O)c2ccccc2)o1. The summed E-state index contributed by atoms with van der Waals surface area (Å²) in [5.74, 6) is -1.22. The number of hydrogen-bond donors (Lipinski definition) is 2. The van der Waals surface area contributed by atoms with Gasteiger partial charge in [-0.05, 0) is 59.7 Å². The molecule has 4 aromatic rings. The van der Waals surface area contributed by atoms with Crippen molar-refractivity contribution in [1.82, 2.24) is 15.0 Å². The molecule has 0 atom stereocenters. The molecule has 0 aliphatic rings. The zero-order valence-electron chi connectivity index (χ0n) is 21.0. The third kappa shape index (κ3) is 8.03. The Kier molecular flexibility index (Phi) is 9.73. The molecule has 0 fully saturated rings. The van der Waals surface area contributed by atoms with E-state index in [1.54, 1.807) is 78.9 Å². The molecule has 2 amide bonds. The Morgan fingerprint density at radius 2 is 1.43 bits per heavy atom. The Hall–Kier alpha value is -3.96. The first kappa shape index (κ1) is 29.0. The van der Waals surface area contributed by atoms with E-state index in [0.717, 1.165) is 11.1 Å². The van der Waals surface area contributed by atoms with E-state index < -0.39 is 21.8 Å². The van der Waals surface area contributed by atoms with Gasteiger partial charge in [-0.25, -0.2) is 13.8 Å². The number of furan rings is 1. The highest BCUT2D eigenvalue weighted by Crippen LogP contribution is 2.22. The maximum atomic E-state index is 13.4. The van der Waals surface area contributed by atoms with Gasteiger partial charge in [0.1, 0.15) is 11.5 Å². The van der Waals surface area contributed by atoms with Gasteiger partial charge in [0.25, 0.3) is 0 Å². The van der Waals surface area contributed by atoms with E-state index >= 15 is 0 Å². The lowest BCUT2D eigenvalue weighted by molar-refractivity contribution is -0.139. The Morgan fingerprint density at radius 1 is 0.800 bits per heavy atom. The van der Waals surface area contributed by atoms with Gasteiger partial charge < -0.3 is 9.73 Å². The predicted molar refractivity (Wildman–Crippen MR) is 152 cm³/mol. The zero-order chi connectivity index (χ0) is 28.5. The van der Waals surface area contributed by atoms with Crippen LogP contribution in [-0.2, 0) is 39.2 Å². The third-order valence-corrected chi connectivity index (χ3v) is 7.91. The number of amides is 2. The molecule has 206 valence electrons. The monoisotopic (exact) mass is 598 g/mol. The van der Waals surface area contributed by atoms with Crippen molar-refractivity contribution in [1.29, 1.82) is 0 Å². The molecule has 4 rings (SSSR count). The fraction of sp³-hybridized carbons (Fsp3) is 0.107.